The van der Waals surface area contributed by atoms with Gasteiger partial charge >= 0.3 is 5.97 Å². The van der Waals surface area contributed by atoms with E-state index in [2.05, 4.69) is 20.9 Å². The molecule has 0 aliphatic heterocycles. The van der Waals surface area contributed by atoms with Crippen LogP contribution in [0.25, 0.3) is 0 Å². The van der Waals surface area contributed by atoms with Gasteiger partial charge in [-0.15, -0.1) is 0 Å². The van der Waals surface area contributed by atoms with E-state index in [9.17, 15) is 9.90 Å². The molecule has 0 saturated heterocycles. The molecule has 24 heavy (non-hydrogen) atoms. The van der Waals surface area contributed by atoms with Gasteiger partial charge in [-0.1, -0.05) is 43.2 Å². The van der Waals surface area contributed by atoms with Gasteiger partial charge in [-0.25, -0.2) is 0 Å². The van der Waals surface area contributed by atoms with Gasteiger partial charge in [0.1, 0.15) is 19.1 Å². The van der Waals surface area contributed by atoms with E-state index in [0.29, 0.717) is 19.4 Å². The van der Waals surface area contributed by atoms with Crippen LogP contribution in [0.1, 0.15) is 51.0 Å². The van der Waals surface area contributed by atoms with Gasteiger partial charge in [0.25, 0.3) is 0 Å². The van der Waals surface area contributed by atoms with Crippen LogP contribution < -0.4 is 0 Å². The summed E-state index contributed by atoms with van der Waals surface area (Å²) in [7, 11) is 2.17. The summed E-state index contributed by atoms with van der Waals surface area (Å²) in [5, 5.41) is 11.0. The van der Waals surface area contributed by atoms with Gasteiger partial charge in [0.2, 0.25) is 0 Å². The van der Waals surface area contributed by atoms with Crippen LogP contribution in [0.4, 0.5) is 0 Å². The Labute approximate surface area is 146 Å². The molecule has 4 heteroatoms. The van der Waals surface area contributed by atoms with Gasteiger partial charge in [-0.2, -0.15) is 0 Å². The first-order valence-electron chi connectivity index (χ1n) is 9.21. The summed E-state index contributed by atoms with van der Waals surface area (Å²) in [4.78, 5) is 12.8. The average Bonchev–Trinajstić information content (AvgIpc) is 3.03. The minimum Gasteiger partial charge on any atom is -0.459 e. The smallest absolute Gasteiger partial charge is 0.316 e. The molecule has 0 aromatic heterocycles. The number of hydrogen-bond acceptors (Lipinski definition) is 3. The number of nitrogens with zero attached hydrogens (tertiary/aromatic N) is 1. The Hall–Kier alpha value is -1.39. The average molecular weight is 334 g/mol. The highest BCUT2D eigenvalue weighted by Crippen LogP contribution is 2.42. The van der Waals surface area contributed by atoms with E-state index < -0.39 is 11.5 Å². The highest BCUT2D eigenvalue weighted by molar-refractivity contribution is 5.80. The van der Waals surface area contributed by atoms with Crippen LogP contribution >= 0.6 is 0 Å². The molecule has 0 radical (unpaired) electrons. The standard InChI is InChI=1S/C20H32NO3/c1-4-21(3,5-2)15-16-24-19(22)18(17-11-7-6-8-12-17)20(23)13-9-10-14-20/h6-8,11-12,18,23H,4-5,9-10,13-16H2,1-3H3/q+1. The third kappa shape index (κ3) is 4.37. The fourth-order valence-electron chi connectivity index (χ4n) is 3.58. The van der Waals surface area contributed by atoms with E-state index in [0.717, 1.165) is 42.5 Å². The first-order chi connectivity index (χ1) is 11.4. The van der Waals surface area contributed by atoms with Crippen LogP contribution in [0.5, 0.6) is 0 Å². The van der Waals surface area contributed by atoms with Crippen molar-refractivity contribution in [3.63, 3.8) is 0 Å². The molecule has 1 unspecified atom stereocenters. The first kappa shape index (κ1) is 18.9. The Balaban J connectivity index is 2.09. The summed E-state index contributed by atoms with van der Waals surface area (Å²) < 4.78 is 6.50. The van der Waals surface area contributed by atoms with E-state index in [4.69, 9.17) is 4.74 Å². The van der Waals surface area contributed by atoms with Gasteiger partial charge in [-0.05, 0) is 32.3 Å². The van der Waals surface area contributed by atoms with Crippen LogP contribution in [-0.2, 0) is 9.53 Å². The topological polar surface area (TPSA) is 46.5 Å². The number of esters is 1. The van der Waals surface area contributed by atoms with E-state index in [-0.39, 0.29) is 5.97 Å². The SMILES string of the molecule is CC[N+](C)(CC)CCOC(=O)C(c1ccccc1)C1(O)CCCC1. The second-order valence-electron chi connectivity index (χ2n) is 7.30. The Kier molecular flexibility index (Phi) is 6.41. The molecule has 1 aliphatic carbocycles. The van der Waals surface area contributed by atoms with Crippen molar-refractivity contribution in [2.75, 3.05) is 33.3 Å². The predicted octanol–water partition coefficient (Wildman–Crippen LogP) is 3.10. The molecule has 0 bridgehead atoms. The van der Waals surface area contributed by atoms with Crippen molar-refractivity contribution in [2.24, 2.45) is 0 Å². The summed E-state index contributed by atoms with van der Waals surface area (Å²) >= 11 is 0. The van der Waals surface area contributed by atoms with E-state index in [1.807, 2.05) is 30.3 Å². The van der Waals surface area contributed by atoms with Crippen LogP contribution in [-0.4, -0.2) is 54.4 Å². The predicted molar refractivity (Wildman–Crippen MR) is 95.7 cm³/mol. The molecule has 1 saturated carbocycles. The second kappa shape index (κ2) is 8.13. The molecule has 1 fully saturated rings. The lowest BCUT2D eigenvalue weighted by molar-refractivity contribution is -0.906. The molecular formula is C20H32NO3+. The molecule has 1 aliphatic rings. The maximum atomic E-state index is 12.8. The molecule has 1 aromatic rings. The molecule has 0 heterocycles. The highest BCUT2D eigenvalue weighted by atomic mass is 16.5. The van der Waals surface area contributed by atoms with Crippen molar-refractivity contribution in [1.82, 2.24) is 0 Å². The fraction of sp³-hybridized carbons (Fsp3) is 0.650. The molecule has 4 nitrogen and oxygen atoms in total. The lowest BCUT2D eigenvalue weighted by Gasteiger charge is -2.33. The summed E-state index contributed by atoms with van der Waals surface area (Å²) in [6.45, 7) is 7.54. The second-order valence-corrected chi connectivity index (χ2v) is 7.30. The maximum Gasteiger partial charge on any atom is 0.316 e. The third-order valence-corrected chi connectivity index (χ3v) is 5.78. The number of carbonyl (C=O) groups is 1. The van der Waals surface area contributed by atoms with Crippen LogP contribution in [0.2, 0.25) is 0 Å². The van der Waals surface area contributed by atoms with Crippen molar-refractivity contribution in [3.05, 3.63) is 35.9 Å². The highest BCUT2D eigenvalue weighted by Gasteiger charge is 2.45. The molecular weight excluding hydrogens is 302 g/mol. The van der Waals surface area contributed by atoms with Crippen molar-refractivity contribution in [2.45, 2.75) is 51.0 Å². The molecule has 1 atom stereocenters. The zero-order chi connectivity index (χ0) is 17.6. The number of hydrogen-bond donors (Lipinski definition) is 1. The minimum absolute atomic E-state index is 0.288. The van der Waals surface area contributed by atoms with Gasteiger partial charge in [0.15, 0.2) is 0 Å². The Morgan fingerprint density at radius 2 is 1.79 bits per heavy atom. The molecule has 1 N–H and O–H groups in total. The van der Waals surface area contributed by atoms with Crippen LogP contribution in [0, 0.1) is 0 Å². The summed E-state index contributed by atoms with van der Waals surface area (Å²) in [6.07, 6.45) is 3.26. The van der Waals surface area contributed by atoms with Crippen LogP contribution in [0.3, 0.4) is 0 Å². The Bertz CT molecular complexity index is 519. The zero-order valence-electron chi connectivity index (χ0n) is 15.3. The van der Waals surface area contributed by atoms with Gasteiger partial charge in [0.05, 0.1) is 25.7 Å². The van der Waals surface area contributed by atoms with Gasteiger partial charge in [0, 0.05) is 0 Å². The van der Waals surface area contributed by atoms with Gasteiger partial charge < -0.3 is 14.3 Å². The molecule has 2 rings (SSSR count). The summed E-state index contributed by atoms with van der Waals surface area (Å²) in [5.74, 6) is -0.868. The van der Waals surface area contributed by atoms with Crippen molar-refractivity contribution in [3.8, 4) is 0 Å². The quantitative estimate of drug-likeness (QED) is 0.587. The Morgan fingerprint density at radius 3 is 2.33 bits per heavy atom. The third-order valence-electron chi connectivity index (χ3n) is 5.78. The number of ether oxygens (including phenoxy) is 1. The monoisotopic (exact) mass is 334 g/mol. The zero-order valence-corrected chi connectivity index (χ0v) is 15.3. The molecule has 0 spiro atoms. The number of quaternary nitrogens is 1. The molecule has 0 amide bonds. The largest absolute Gasteiger partial charge is 0.459 e. The van der Waals surface area contributed by atoms with Crippen molar-refractivity contribution >= 4 is 5.97 Å². The van der Waals surface area contributed by atoms with Gasteiger partial charge in [-0.3, -0.25) is 4.79 Å². The van der Waals surface area contributed by atoms with Crippen molar-refractivity contribution < 1.29 is 19.1 Å². The fourth-order valence-corrected chi connectivity index (χ4v) is 3.58. The molecule has 134 valence electrons. The minimum atomic E-state index is -0.966. The van der Waals surface area contributed by atoms with E-state index in [1.165, 1.54) is 0 Å². The van der Waals surface area contributed by atoms with Crippen molar-refractivity contribution in [1.29, 1.82) is 0 Å². The first-order valence-corrected chi connectivity index (χ1v) is 9.21. The van der Waals surface area contributed by atoms with E-state index in [1.54, 1.807) is 0 Å². The normalized spacial score (nSPS) is 18.3. The summed E-state index contributed by atoms with van der Waals surface area (Å²) in [5.41, 5.74) is -0.110. The number of benzene rings is 1. The van der Waals surface area contributed by atoms with E-state index >= 15 is 0 Å². The Morgan fingerprint density at radius 1 is 1.21 bits per heavy atom. The number of rotatable bonds is 8. The van der Waals surface area contributed by atoms with Crippen LogP contribution in [0.15, 0.2) is 30.3 Å². The summed E-state index contributed by atoms with van der Waals surface area (Å²) in [6, 6.07) is 9.59. The lowest BCUT2D eigenvalue weighted by atomic mass is 9.81. The number of likely N-dealkylation sites (N-methyl/N-ethyl adjacent to an activating group) is 1. The maximum absolute atomic E-state index is 12.8. The number of aliphatic hydroxyl groups is 1. The molecule has 1 aromatic carbocycles. The lowest BCUT2D eigenvalue weighted by Crippen LogP contribution is -2.46. The number of carbonyl (C=O) groups excluding carboxylic acids is 1.